The van der Waals surface area contributed by atoms with Crippen LogP contribution in [-0.2, 0) is 16.0 Å². The number of amides is 2. The number of carbonyl (C=O) groups is 3. The molecule has 1 aromatic heterocycles. The molecule has 9 nitrogen and oxygen atoms in total. The van der Waals surface area contributed by atoms with Crippen molar-refractivity contribution in [2.24, 2.45) is 11.8 Å². The number of aromatic nitrogens is 2. The summed E-state index contributed by atoms with van der Waals surface area (Å²) < 4.78 is 11.6. The number of hydrogen-bond donors (Lipinski definition) is 2. The summed E-state index contributed by atoms with van der Waals surface area (Å²) in [5, 5.41) is 5.49. The zero-order valence-electron chi connectivity index (χ0n) is 18.9. The number of nitrogens with one attached hydrogen (secondary N) is 2. The van der Waals surface area contributed by atoms with E-state index in [0.717, 1.165) is 18.4 Å². The van der Waals surface area contributed by atoms with Gasteiger partial charge in [-0.05, 0) is 43.0 Å². The summed E-state index contributed by atoms with van der Waals surface area (Å²) in [7, 11) is 0. The number of rotatable bonds is 8. The highest BCUT2D eigenvalue weighted by atomic mass is 16.5. The molecule has 0 bridgehead atoms. The molecular formula is C26H24N4O5. The van der Waals surface area contributed by atoms with Crippen LogP contribution < -0.4 is 20.1 Å². The number of ketones is 1. The first kappa shape index (κ1) is 22.5. The normalized spacial score (nSPS) is 16.4. The molecule has 2 N–H and O–H groups in total. The van der Waals surface area contributed by atoms with E-state index in [1.54, 1.807) is 48.5 Å². The molecule has 2 aromatic carbocycles. The lowest BCUT2D eigenvalue weighted by molar-refractivity contribution is -0.126. The number of hydrogen-bond acceptors (Lipinski definition) is 7. The van der Waals surface area contributed by atoms with Crippen LogP contribution in [0.2, 0.25) is 0 Å². The second-order valence-corrected chi connectivity index (χ2v) is 8.60. The molecule has 0 saturated heterocycles. The Hall–Kier alpha value is -4.27. The number of fused-ring (bicyclic) bond motifs is 1. The Morgan fingerprint density at radius 2 is 1.80 bits per heavy atom. The summed E-state index contributed by atoms with van der Waals surface area (Å²) in [6.45, 7) is 0.164. The van der Waals surface area contributed by atoms with Crippen molar-refractivity contribution in [3.8, 4) is 17.4 Å². The van der Waals surface area contributed by atoms with Gasteiger partial charge in [-0.1, -0.05) is 30.3 Å². The van der Waals surface area contributed by atoms with Crippen LogP contribution in [0.3, 0.4) is 0 Å². The predicted molar refractivity (Wildman–Crippen MR) is 126 cm³/mol. The van der Waals surface area contributed by atoms with Gasteiger partial charge in [0.2, 0.25) is 17.7 Å². The molecule has 9 heteroatoms. The molecule has 1 fully saturated rings. The van der Waals surface area contributed by atoms with E-state index in [-0.39, 0.29) is 42.5 Å². The summed E-state index contributed by atoms with van der Waals surface area (Å²) in [4.78, 5) is 45.1. The molecule has 1 unspecified atom stereocenters. The molecule has 178 valence electrons. The van der Waals surface area contributed by atoms with Crippen molar-refractivity contribution in [1.82, 2.24) is 15.3 Å². The Morgan fingerprint density at radius 1 is 0.971 bits per heavy atom. The van der Waals surface area contributed by atoms with Crippen molar-refractivity contribution in [2.75, 3.05) is 18.5 Å². The standard InChI is InChI=1S/C26H24N4O5/c31-21(16-4-2-1-3-5-16)13-27-25(32)19-10-18-11-20(8-9-22(18)34-14-19)35-24-12-23(28-15-29-24)30-26(33)17-6-7-17/h1-5,8-9,11-12,15,17,19H,6-7,10,13-14H2,(H,27,32)(H,28,29,30,33). The molecule has 2 aliphatic rings. The van der Waals surface area contributed by atoms with Crippen molar-refractivity contribution >= 4 is 23.4 Å². The second-order valence-electron chi connectivity index (χ2n) is 8.60. The van der Waals surface area contributed by atoms with Crippen LogP contribution in [0.25, 0.3) is 0 Å². The molecule has 0 radical (unpaired) electrons. The molecule has 0 spiro atoms. The number of Topliss-reactive ketones (excluding diaryl/α,β-unsaturated/α-hetero) is 1. The fourth-order valence-corrected chi connectivity index (χ4v) is 3.80. The monoisotopic (exact) mass is 472 g/mol. The molecule has 1 saturated carbocycles. The van der Waals surface area contributed by atoms with Gasteiger partial charge in [0.15, 0.2) is 5.78 Å². The third-order valence-corrected chi connectivity index (χ3v) is 5.89. The molecule has 5 rings (SSSR count). The van der Waals surface area contributed by atoms with Gasteiger partial charge in [-0.3, -0.25) is 14.4 Å². The van der Waals surface area contributed by atoms with E-state index in [1.165, 1.54) is 6.33 Å². The number of ether oxygens (including phenoxy) is 2. The van der Waals surface area contributed by atoms with Crippen LogP contribution in [0, 0.1) is 11.8 Å². The van der Waals surface area contributed by atoms with Gasteiger partial charge in [-0.15, -0.1) is 0 Å². The van der Waals surface area contributed by atoms with Crippen molar-refractivity contribution in [3.05, 3.63) is 72.1 Å². The predicted octanol–water partition coefficient (Wildman–Crippen LogP) is 3.17. The van der Waals surface area contributed by atoms with Crippen LogP contribution in [0.5, 0.6) is 17.4 Å². The summed E-state index contributed by atoms with van der Waals surface area (Å²) in [5.41, 5.74) is 1.37. The van der Waals surface area contributed by atoms with Crippen LogP contribution in [-0.4, -0.2) is 40.7 Å². The van der Waals surface area contributed by atoms with Gasteiger partial charge in [0.25, 0.3) is 0 Å². The quantitative estimate of drug-likeness (QED) is 0.483. The lowest BCUT2D eigenvalue weighted by Gasteiger charge is -2.25. The van der Waals surface area contributed by atoms with E-state index >= 15 is 0 Å². The van der Waals surface area contributed by atoms with Gasteiger partial charge in [0, 0.05) is 17.5 Å². The SMILES string of the molecule is O=C(CNC(=O)C1COc2ccc(Oc3cc(NC(=O)C4CC4)ncn3)cc2C1)c1ccccc1. The van der Waals surface area contributed by atoms with Gasteiger partial charge >= 0.3 is 0 Å². The van der Waals surface area contributed by atoms with Gasteiger partial charge in [-0.2, -0.15) is 0 Å². The molecule has 35 heavy (non-hydrogen) atoms. The fraction of sp³-hybridized carbons (Fsp3) is 0.269. The Balaban J connectivity index is 1.19. The number of anilines is 1. The maximum Gasteiger partial charge on any atom is 0.228 e. The van der Waals surface area contributed by atoms with E-state index in [0.29, 0.717) is 29.3 Å². The zero-order chi connectivity index (χ0) is 24.2. The zero-order valence-corrected chi connectivity index (χ0v) is 18.9. The van der Waals surface area contributed by atoms with Crippen LogP contribution >= 0.6 is 0 Å². The van der Waals surface area contributed by atoms with E-state index in [1.807, 2.05) is 6.07 Å². The lowest BCUT2D eigenvalue weighted by Crippen LogP contribution is -2.39. The van der Waals surface area contributed by atoms with Crippen molar-refractivity contribution < 1.29 is 23.9 Å². The summed E-state index contributed by atoms with van der Waals surface area (Å²) in [5.74, 6) is 1.08. The third kappa shape index (κ3) is 5.63. The average molecular weight is 473 g/mol. The number of carbonyl (C=O) groups excluding carboxylic acids is 3. The Kier molecular flexibility index (Phi) is 6.38. The van der Waals surface area contributed by atoms with Gasteiger partial charge in [0.05, 0.1) is 12.5 Å². The molecule has 1 aliphatic carbocycles. The molecular weight excluding hydrogens is 448 g/mol. The minimum atomic E-state index is -0.426. The maximum absolute atomic E-state index is 12.7. The third-order valence-electron chi connectivity index (χ3n) is 5.89. The number of benzene rings is 2. The summed E-state index contributed by atoms with van der Waals surface area (Å²) in [6, 6.07) is 15.7. The van der Waals surface area contributed by atoms with Gasteiger partial charge in [-0.25, -0.2) is 9.97 Å². The summed E-state index contributed by atoms with van der Waals surface area (Å²) >= 11 is 0. The highest BCUT2D eigenvalue weighted by molar-refractivity contribution is 5.99. The van der Waals surface area contributed by atoms with Crippen molar-refractivity contribution in [2.45, 2.75) is 19.3 Å². The van der Waals surface area contributed by atoms with E-state index in [4.69, 9.17) is 9.47 Å². The first-order chi connectivity index (χ1) is 17.0. The molecule has 3 aromatic rings. The minimum absolute atomic E-state index is 0.0460. The van der Waals surface area contributed by atoms with Crippen LogP contribution in [0.15, 0.2) is 60.9 Å². The van der Waals surface area contributed by atoms with Crippen LogP contribution in [0.1, 0.15) is 28.8 Å². The van der Waals surface area contributed by atoms with E-state index < -0.39 is 5.92 Å². The smallest absolute Gasteiger partial charge is 0.228 e. The largest absolute Gasteiger partial charge is 0.492 e. The number of nitrogens with zero attached hydrogens (tertiary/aromatic N) is 2. The summed E-state index contributed by atoms with van der Waals surface area (Å²) in [6.07, 6.45) is 3.58. The Morgan fingerprint density at radius 3 is 2.60 bits per heavy atom. The topological polar surface area (TPSA) is 120 Å². The first-order valence-electron chi connectivity index (χ1n) is 11.5. The van der Waals surface area contributed by atoms with Crippen molar-refractivity contribution in [1.29, 1.82) is 0 Å². The lowest BCUT2D eigenvalue weighted by atomic mass is 9.95. The fourth-order valence-electron chi connectivity index (χ4n) is 3.80. The molecule has 1 atom stereocenters. The minimum Gasteiger partial charge on any atom is -0.492 e. The van der Waals surface area contributed by atoms with Gasteiger partial charge < -0.3 is 20.1 Å². The Bertz CT molecular complexity index is 1260. The average Bonchev–Trinajstić information content (AvgIpc) is 3.73. The Labute approximate surface area is 201 Å². The first-order valence-corrected chi connectivity index (χ1v) is 11.5. The molecule has 1 aliphatic heterocycles. The highest BCUT2D eigenvalue weighted by Crippen LogP contribution is 2.33. The molecule has 2 heterocycles. The maximum atomic E-state index is 12.7. The van der Waals surface area contributed by atoms with E-state index in [2.05, 4.69) is 20.6 Å². The van der Waals surface area contributed by atoms with E-state index in [9.17, 15) is 14.4 Å². The second kappa shape index (κ2) is 9.92. The van der Waals surface area contributed by atoms with Crippen LogP contribution in [0.4, 0.5) is 5.82 Å². The van der Waals surface area contributed by atoms with Gasteiger partial charge in [0.1, 0.15) is 30.3 Å². The molecule has 2 amide bonds. The van der Waals surface area contributed by atoms with Crippen molar-refractivity contribution in [3.63, 3.8) is 0 Å². The highest BCUT2D eigenvalue weighted by Gasteiger charge is 2.30.